The van der Waals surface area contributed by atoms with Gasteiger partial charge in [0.25, 0.3) is 11.6 Å². The number of hydrogen-bond donors (Lipinski definition) is 2. The molecule has 2 aromatic heterocycles. The van der Waals surface area contributed by atoms with E-state index in [0.29, 0.717) is 12.4 Å². The van der Waals surface area contributed by atoms with Gasteiger partial charge in [0.1, 0.15) is 12.0 Å². The number of rotatable bonds is 5. The number of nitrogens with one attached hydrogen (secondary N) is 2. The largest absolute Gasteiger partial charge is 0.372 e. The summed E-state index contributed by atoms with van der Waals surface area (Å²) in [6, 6.07) is 1.20. The Bertz CT molecular complexity index is 685. The summed E-state index contributed by atoms with van der Waals surface area (Å²) in [5, 5.41) is 17.1. The Kier molecular flexibility index (Phi) is 4.43. The number of nitrogens with zero attached hydrogens (tertiary/aromatic N) is 3. The molecule has 9 heteroatoms. The Balaban J connectivity index is 2.17. The highest BCUT2D eigenvalue weighted by atomic mass is 32.1. The van der Waals surface area contributed by atoms with Gasteiger partial charge >= 0.3 is 0 Å². The summed E-state index contributed by atoms with van der Waals surface area (Å²) in [4.78, 5) is 31.2. The predicted molar refractivity (Wildman–Crippen MR) is 78.5 cm³/mol. The van der Waals surface area contributed by atoms with Crippen molar-refractivity contribution in [3.8, 4) is 0 Å². The molecule has 0 saturated carbocycles. The maximum absolute atomic E-state index is 12.1. The highest BCUT2D eigenvalue weighted by molar-refractivity contribution is 7.11. The van der Waals surface area contributed by atoms with E-state index in [1.54, 1.807) is 13.2 Å². The van der Waals surface area contributed by atoms with Crippen LogP contribution in [0.3, 0.4) is 0 Å². The molecule has 0 aliphatic carbocycles. The molecule has 2 rings (SSSR count). The first-order valence-electron chi connectivity index (χ1n) is 6.03. The molecule has 2 heterocycles. The van der Waals surface area contributed by atoms with Crippen LogP contribution in [-0.4, -0.2) is 27.8 Å². The SMILES string of the molecule is CNc1ncc([N+](=O)[O-])cc1C(=O)NCc1cnc(C)s1. The minimum absolute atomic E-state index is 0.132. The third-order valence-electron chi connectivity index (χ3n) is 2.66. The van der Waals surface area contributed by atoms with Crippen molar-refractivity contribution in [2.45, 2.75) is 13.5 Å². The number of pyridine rings is 1. The van der Waals surface area contributed by atoms with Crippen molar-refractivity contribution < 1.29 is 9.72 Å². The molecule has 0 radical (unpaired) electrons. The lowest BCUT2D eigenvalue weighted by Gasteiger charge is -2.08. The van der Waals surface area contributed by atoms with E-state index in [1.807, 2.05) is 6.92 Å². The Hall–Kier alpha value is -2.55. The summed E-state index contributed by atoms with van der Waals surface area (Å²) in [5.74, 6) is -0.139. The molecule has 0 fully saturated rings. The Morgan fingerprint density at radius 1 is 1.43 bits per heavy atom. The highest BCUT2D eigenvalue weighted by Crippen LogP contribution is 2.19. The highest BCUT2D eigenvalue weighted by Gasteiger charge is 2.17. The van der Waals surface area contributed by atoms with Crippen LogP contribution in [0.2, 0.25) is 0 Å². The van der Waals surface area contributed by atoms with Crippen molar-refractivity contribution in [3.05, 3.63) is 44.0 Å². The number of aromatic nitrogens is 2. The Morgan fingerprint density at radius 3 is 2.76 bits per heavy atom. The molecule has 21 heavy (non-hydrogen) atoms. The average molecular weight is 307 g/mol. The van der Waals surface area contributed by atoms with Crippen LogP contribution in [0.25, 0.3) is 0 Å². The molecule has 2 aromatic rings. The predicted octanol–water partition coefficient (Wildman–Crippen LogP) is 1.73. The van der Waals surface area contributed by atoms with Gasteiger partial charge in [0.15, 0.2) is 0 Å². The molecule has 0 saturated heterocycles. The minimum atomic E-state index is -0.588. The van der Waals surface area contributed by atoms with Crippen LogP contribution < -0.4 is 10.6 Å². The van der Waals surface area contributed by atoms with Crippen molar-refractivity contribution >= 4 is 28.7 Å². The smallest absolute Gasteiger partial charge is 0.288 e. The average Bonchev–Trinajstić information content (AvgIpc) is 2.89. The van der Waals surface area contributed by atoms with E-state index in [1.165, 1.54) is 17.4 Å². The van der Waals surface area contributed by atoms with Crippen molar-refractivity contribution in [3.63, 3.8) is 0 Å². The molecular formula is C12H13N5O3S. The van der Waals surface area contributed by atoms with Crippen LogP contribution in [0.5, 0.6) is 0 Å². The van der Waals surface area contributed by atoms with E-state index in [-0.39, 0.29) is 11.3 Å². The standard InChI is InChI=1S/C12H13N5O3S/c1-7-14-5-9(21-7)6-16-12(18)10-3-8(17(19)20)4-15-11(10)13-2/h3-5H,6H2,1-2H3,(H,13,15)(H,16,18). The topological polar surface area (TPSA) is 110 Å². The quantitative estimate of drug-likeness (QED) is 0.643. The summed E-state index contributed by atoms with van der Waals surface area (Å²) in [5.41, 5.74) is -0.0966. The van der Waals surface area contributed by atoms with Crippen molar-refractivity contribution in [1.82, 2.24) is 15.3 Å². The molecular weight excluding hydrogens is 294 g/mol. The van der Waals surface area contributed by atoms with Gasteiger partial charge in [-0.15, -0.1) is 11.3 Å². The van der Waals surface area contributed by atoms with E-state index < -0.39 is 10.8 Å². The summed E-state index contributed by atoms with van der Waals surface area (Å²) < 4.78 is 0. The van der Waals surface area contributed by atoms with Gasteiger partial charge < -0.3 is 10.6 Å². The van der Waals surface area contributed by atoms with Gasteiger partial charge in [-0.05, 0) is 6.92 Å². The number of aryl methyl sites for hydroxylation is 1. The van der Waals surface area contributed by atoms with Crippen LogP contribution in [0.15, 0.2) is 18.5 Å². The second-order valence-electron chi connectivity index (χ2n) is 4.13. The van der Waals surface area contributed by atoms with Gasteiger partial charge in [-0.25, -0.2) is 9.97 Å². The lowest BCUT2D eigenvalue weighted by Crippen LogP contribution is -2.23. The van der Waals surface area contributed by atoms with E-state index in [9.17, 15) is 14.9 Å². The van der Waals surface area contributed by atoms with Crippen LogP contribution in [-0.2, 0) is 6.54 Å². The molecule has 0 bridgehead atoms. The number of carbonyl (C=O) groups excluding carboxylic acids is 1. The molecule has 2 N–H and O–H groups in total. The first-order chi connectivity index (χ1) is 10.0. The second kappa shape index (κ2) is 6.27. The minimum Gasteiger partial charge on any atom is -0.372 e. The summed E-state index contributed by atoms with van der Waals surface area (Å²) in [6.45, 7) is 2.19. The molecule has 110 valence electrons. The van der Waals surface area contributed by atoms with E-state index in [0.717, 1.165) is 16.1 Å². The van der Waals surface area contributed by atoms with Gasteiger partial charge in [0, 0.05) is 24.2 Å². The van der Waals surface area contributed by atoms with Crippen LogP contribution in [0, 0.1) is 17.0 Å². The summed E-state index contributed by atoms with van der Waals surface area (Å²) >= 11 is 1.48. The van der Waals surface area contributed by atoms with Crippen molar-refractivity contribution in [2.75, 3.05) is 12.4 Å². The molecule has 8 nitrogen and oxygen atoms in total. The fraction of sp³-hybridized carbons (Fsp3) is 0.250. The lowest BCUT2D eigenvalue weighted by molar-refractivity contribution is -0.385. The zero-order valence-electron chi connectivity index (χ0n) is 11.4. The lowest BCUT2D eigenvalue weighted by atomic mass is 10.2. The second-order valence-corrected chi connectivity index (χ2v) is 5.44. The number of hydrogen-bond acceptors (Lipinski definition) is 7. The van der Waals surface area contributed by atoms with Crippen molar-refractivity contribution in [1.29, 1.82) is 0 Å². The number of amides is 1. The monoisotopic (exact) mass is 307 g/mol. The van der Waals surface area contributed by atoms with Gasteiger partial charge in [0.2, 0.25) is 0 Å². The molecule has 0 unspecified atom stereocenters. The molecule has 1 amide bonds. The fourth-order valence-corrected chi connectivity index (χ4v) is 2.41. The normalized spacial score (nSPS) is 10.2. The zero-order chi connectivity index (χ0) is 15.4. The maximum atomic E-state index is 12.1. The molecule has 0 atom stereocenters. The Labute approximate surface area is 124 Å². The maximum Gasteiger partial charge on any atom is 0.288 e. The van der Waals surface area contributed by atoms with Gasteiger partial charge in [0.05, 0.1) is 22.0 Å². The van der Waals surface area contributed by atoms with E-state index >= 15 is 0 Å². The first kappa shape index (κ1) is 14.9. The summed E-state index contributed by atoms with van der Waals surface area (Å²) in [7, 11) is 1.59. The number of nitro groups is 1. The first-order valence-corrected chi connectivity index (χ1v) is 6.84. The van der Waals surface area contributed by atoms with Gasteiger partial charge in [-0.3, -0.25) is 14.9 Å². The van der Waals surface area contributed by atoms with Gasteiger partial charge in [-0.2, -0.15) is 0 Å². The summed E-state index contributed by atoms with van der Waals surface area (Å²) in [6.07, 6.45) is 2.79. The number of carbonyl (C=O) groups is 1. The molecule has 0 aliphatic heterocycles. The van der Waals surface area contributed by atoms with Crippen molar-refractivity contribution in [2.24, 2.45) is 0 Å². The molecule has 0 aliphatic rings. The van der Waals surface area contributed by atoms with E-state index in [2.05, 4.69) is 20.6 Å². The third kappa shape index (κ3) is 3.51. The van der Waals surface area contributed by atoms with Crippen LogP contribution >= 0.6 is 11.3 Å². The van der Waals surface area contributed by atoms with E-state index in [4.69, 9.17) is 0 Å². The van der Waals surface area contributed by atoms with Crippen LogP contribution in [0.1, 0.15) is 20.2 Å². The molecule has 0 spiro atoms. The third-order valence-corrected chi connectivity index (χ3v) is 3.57. The van der Waals surface area contributed by atoms with Gasteiger partial charge in [-0.1, -0.05) is 0 Å². The Morgan fingerprint density at radius 2 is 2.19 bits per heavy atom. The number of anilines is 1. The zero-order valence-corrected chi connectivity index (χ0v) is 12.2. The number of thiazole rings is 1. The molecule has 0 aromatic carbocycles. The fourth-order valence-electron chi connectivity index (χ4n) is 1.68. The van der Waals surface area contributed by atoms with Crippen LogP contribution in [0.4, 0.5) is 11.5 Å².